The summed E-state index contributed by atoms with van der Waals surface area (Å²) >= 11 is 2.82. The molecule has 0 aliphatic heterocycles. The lowest BCUT2D eigenvalue weighted by Crippen LogP contribution is -2.14. The highest BCUT2D eigenvalue weighted by atomic mass is 32.2. The number of benzene rings is 1. The maximum absolute atomic E-state index is 12.4. The highest BCUT2D eigenvalue weighted by Crippen LogP contribution is 2.26. The summed E-state index contributed by atoms with van der Waals surface area (Å²) < 4.78 is 0.782. The molecule has 2 rings (SSSR count). The molecule has 0 saturated heterocycles. The molecule has 0 radical (unpaired) electrons. The van der Waals surface area contributed by atoms with Crippen molar-refractivity contribution in [2.75, 3.05) is 5.32 Å². The molecule has 1 amide bonds. The van der Waals surface area contributed by atoms with E-state index in [4.69, 9.17) is 0 Å². The van der Waals surface area contributed by atoms with Crippen molar-refractivity contribution in [2.24, 2.45) is 0 Å². The minimum absolute atomic E-state index is 0.0123. The Hall–Kier alpha value is -1.73. The monoisotopic (exact) mass is 335 g/mol. The number of carbonyl (C=O) groups excluding carboxylic acids is 2. The number of nitrogens with zero attached hydrogens (tertiary/aromatic N) is 2. The van der Waals surface area contributed by atoms with E-state index in [0.29, 0.717) is 17.7 Å². The molecule has 0 unspecified atom stereocenters. The van der Waals surface area contributed by atoms with Crippen LogP contribution in [0.2, 0.25) is 0 Å². The first-order valence-corrected chi connectivity index (χ1v) is 8.73. The first kappa shape index (κ1) is 16.6. The Morgan fingerprint density at radius 1 is 1.32 bits per heavy atom. The summed E-state index contributed by atoms with van der Waals surface area (Å²) in [5, 5.41) is 10.3. The van der Waals surface area contributed by atoms with Crippen LogP contribution in [0.25, 0.3) is 0 Å². The summed E-state index contributed by atoms with van der Waals surface area (Å²) in [6.45, 7) is 3.81. The SMILES string of the molecule is CCCC(=O)Nc1ccc(C(=O)[C@H](C)Sc2nncs2)cc1. The largest absolute Gasteiger partial charge is 0.326 e. The summed E-state index contributed by atoms with van der Waals surface area (Å²) in [6.07, 6.45) is 1.30. The number of hydrogen-bond acceptors (Lipinski definition) is 6. The molecule has 0 aliphatic carbocycles. The zero-order valence-corrected chi connectivity index (χ0v) is 14.0. The maximum atomic E-state index is 12.4. The standard InChI is InChI=1S/C15H17N3O2S2/c1-3-4-13(19)17-12-7-5-11(6-8-12)14(20)10(2)22-15-18-16-9-21-15/h5-10H,3-4H2,1-2H3,(H,17,19)/t10-/m0/s1. The lowest BCUT2D eigenvalue weighted by atomic mass is 10.1. The van der Waals surface area contributed by atoms with Crippen LogP contribution in [0, 0.1) is 0 Å². The Morgan fingerprint density at radius 2 is 2.05 bits per heavy atom. The van der Waals surface area contributed by atoms with Gasteiger partial charge in [0.15, 0.2) is 10.1 Å². The topological polar surface area (TPSA) is 72.0 Å². The zero-order chi connectivity index (χ0) is 15.9. The van der Waals surface area contributed by atoms with Crippen LogP contribution in [0.15, 0.2) is 34.1 Å². The molecular formula is C15H17N3O2S2. The number of thioether (sulfide) groups is 1. The molecule has 0 spiro atoms. The molecule has 1 atom stereocenters. The van der Waals surface area contributed by atoms with Gasteiger partial charge in [0.05, 0.1) is 5.25 Å². The van der Waals surface area contributed by atoms with E-state index in [1.165, 1.54) is 23.1 Å². The van der Waals surface area contributed by atoms with Crippen molar-refractivity contribution < 1.29 is 9.59 Å². The van der Waals surface area contributed by atoms with Gasteiger partial charge in [-0.05, 0) is 37.6 Å². The molecule has 1 aromatic carbocycles. The third-order valence-corrected chi connectivity index (χ3v) is 4.83. The van der Waals surface area contributed by atoms with Crippen molar-refractivity contribution in [3.05, 3.63) is 35.3 Å². The molecule has 5 nitrogen and oxygen atoms in total. The summed E-state index contributed by atoms with van der Waals surface area (Å²) in [7, 11) is 0. The number of rotatable bonds is 7. The number of Topliss-reactive ketones (excluding diaryl/α,β-unsaturated/α-hetero) is 1. The van der Waals surface area contributed by atoms with E-state index in [1.807, 2.05) is 13.8 Å². The number of amides is 1. The van der Waals surface area contributed by atoms with E-state index in [-0.39, 0.29) is 16.9 Å². The number of hydrogen-bond donors (Lipinski definition) is 1. The third-order valence-electron chi connectivity index (χ3n) is 2.92. The van der Waals surface area contributed by atoms with E-state index in [0.717, 1.165) is 10.8 Å². The van der Waals surface area contributed by atoms with Gasteiger partial charge in [0.25, 0.3) is 0 Å². The van der Waals surface area contributed by atoms with Crippen LogP contribution in [-0.2, 0) is 4.79 Å². The fourth-order valence-corrected chi connectivity index (χ4v) is 3.53. The molecule has 1 N–H and O–H groups in total. The van der Waals surface area contributed by atoms with Gasteiger partial charge in [-0.1, -0.05) is 30.0 Å². The van der Waals surface area contributed by atoms with Gasteiger partial charge in [0.2, 0.25) is 5.91 Å². The minimum atomic E-state index is -0.228. The van der Waals surface area contributed by atoms with E-state index in [2.05, 4.69) is 15.5 Å². The average Bonchev–Trinajstić information content (AvgIpc) is 3.00. The van der Waals surface area contributed by atoms with Crippen LogP contribution in [0.4, 0.5) is 5.69 Å². The van der Waals surface area contributed by atoms with Gasteiger partial charge in [-0.2, -0.15) is 0 Å². The van der Waals surface area contributed by atoms with Gasteiger partial charge in [0, 0.05) is 17.7 Å². The molecule has 22 heavy (non-hydrogen) atoms. The summed E-state index contributed by atoms with van der Waals surface area (Å²) in [4.78, 5) is 23.9. The molecule has 2 aromatic rings. The van der Waals surface area contributed by atoms with Crippen molar-refractivity contribution in [1.82, 2.24) is 10.2 Å². The van der Waals surface area contributed by atoms with E-state index in [1.54, 1.807) is 29.8 Å². The second kappa shape index (κ2) is 8.05. The fraction of sp³-hybridized carbons (Fsp3) is 0.333. The summed E-state index contributed by atoms with van der Waals surface area (Å²) in [5.41, 5.74) is 2.98. The number of anilines is 1. The van der Waals surface area contributed by atoms with Crippen molar-refractivity contribution in [3.63, 3.8) is 0 Å². The fourth-order valence-electron chi connectivity index (χ4n) is 1.82. The first-order valence-electron chi connectivity index (χ1n) is 6.97. The van der Waals surface area contributed by atoms with E-state index >= 15 is 0 Å². The molecular weight excluding hydrogens is 318 g/mol. The predicted octanol–water partition coefficient (Wildman–Crippen LogP) is 3.64. The number of ketones is 1. The molecule has 116 valence electrons. The predicted molar refractivity (Wildman–Crippen MR) is 89.5 cm³/mol. The Labute approximate surface area is 137 Å². The maximum Gasteiger partial charge on any atom is 0.224 e. The lowest BCUT2D eigenvalue weighted by molar-refractivity contribution is -0.116. The van der Waals surface area contributed by atoms with Crippen molar-refractivity contribution in [3.8, 4) is 0 Å². The van der Waals surface area contributed by atoms with Gasteiger partial charge >= 0.3 is 0 Å². The van der Waals surface area contributed by atoms with Gasteiger partial charge in [-0.25, -0.2) is 0 Å². The molecule has 0 aliphatic rings. The normalized spacial score (nSPS) is 11.9. The summed E-state index contributed by atoms with van der Waals surface area (Å²) in [5.74, 6) is 0.0217. The van der Waals surface area contributed by atoms with Crippen LogP contribution < -0.4 is 5.32 Å². The van der Waals surface area contributed by atoms with Crippen LogP contribution >= 0.6 is 23.1 Å². The molecule has 0 saturated carbocycles. The summed E-state index contributed by atoms with van der Waals surface area (Å²) in [6, 6.07) is 6.98. The Bertz CT molecular complexity index is 627. The van der Waals surface area contributed by atoms with Crippen LogP contribution in [0.5, 0.6) is 0 Å². The molecule has 0 bridgehead atoms. The Morgan fingerprint density at radius 3 is 2.64 bits per heavy atom. The zero-order valence-electron chi connectivity index (χ0n) is 12.4. The quantitative estimate of drug-likeness (QED) is 0.618. The van der Waals surface area contributed by atoms with Crippen molar-refractivity contribution >= 4 is 40.5 Å². The average molecular weight is 335 g/mol. The molecule has 0 fully saturated rings. The highest BCUT2D eigenvalue weighted by Gasteiger charge is 2.18. The number of nitrogens with one attached hydrogen (secondary N) is 1. The van der Waals surface area contributed by atoms with E-state index < -0.39 is 0 Å². The van der Waals surface area contributed by atoms with Gasteiger partial charge in [-0.15, -0.1) is 10.2 Å². The van der Waals surface area contributed by atoms with Gasteiger partial charge in [-0.3, -0.25) is 9.59 Å². The van der Waals surface area contributed by atoms with Crippen molar-refractivity contribution in [1.29, 1.82) is 0 Å². The van der Waals surface area contributed by atoms with E-state index in [9.17, 15) is 9.59 Å². The van der Waals surface area contributed by atoms with Crippen LogP contribution in [0.3, 0.4) is 0 Å². The number of carbonyl (C=O) groups is 2. The second-order valence-electron chi connectivity index (χ2n) is 4.70. The minimum Gasteiger partial charge on any atom is -0.326 e. The highest BCUT2D eigenvalue weighted by molar-refractivity contribution is 8.02. The Balaban J connectivity index is 1.97. The lowest BCUT2D eigenvalue weighted by Gasteiger charge is -2.09. The molecule has 7 heteroatoms. The number of aromatic nitrogens is 2. The Kier molecular flexibility index (Phi) is 6.09. The van der Waals surface area contributed by atoms with Crippen LogP contribution in [-0.4, -0.2) is 27.1 Å². The van der Waals surface area contributed by atoms with Crippen molar-refractivity contribution in [2.45, 2.75) is 36.3 Å². The van der Waals surface area contributed by atoms with Gasteiger partial charge in [0.1, 0.15) is 5.51 Å². The second-order valence-corrected chi connectivity index (χ2v) is 7.13. The molecule has 1 aromatic heterocycles. The smallest absolute Gasteiger partial charge is 0.224 e. The first-order chi connectivity index (χ1) is 10.6. The van der Waals surface area contributed by atoms with Gasteiger partial charge < -0.3 is 5.32 Å². The third kappa shape index (κ3) is 4.64. The molecule has 1 heterocycles. The van der Waals surface area contributed by atoms with Crippen LogP contribution in [0.1, 0.15) is 37.0 Å².